The van der Waals surface area contributed by atoms with Crippen LogP contribution in [0.25, 0.3) is 0 Å². The number of carbonyl (C=O) groups is 1. The normalized spacial score (nSPS) is 22.4. The molecule has 0 atom stereocenters. The highest BCUT2D eigenvalue weighted by Gasteiger charge is 2.37. The van der Waals surface area contributed by atoms with Crippen LogP contribution in [0.1, 0.15) is 34.1 Å². The van der Waals surface area contributed by atoms with Gasteiger partial charge in [0.25, 0.3) is 0 Å². The van der Waals surface area contributed by atoms with Crippen molar-refractivity contribution in [2.45, 2.75) is 11.8 Å². The van der Waals surface area contributed by atoms with Crippen LogP contribution in [0.2, 0.25) is 0 Å². The van der Waals surface area contributed by atoms with E-state index in [0.717, 1.165) is 11.1 Å². The smallest absolute Gasteiger partial charge is 0.0681 e. The summed E-state index contributed by atoms with van der Waals surface area (Å²) in [4.78, 5) is 11.4. The fraction of sp³-hybridized carbons (Fsp3) is 0.118. The number of benzene rings is 2. The second kappa shape index (κ2) is 3.58. The zero-order valence-electron chi connectivity index (χ0n) is 10.2. The molecule has 0 radical (unpaired) electrons. The summed E-state index contributed by atoms with van der Waals surface area (Å²) in [6, 6.07) is 16.2. The van der Waals surface area contributed by atoms with Crippen molar-refractivity contribution < 1.29 is 9.90 Å². The highest BCUT2D eigenvalue weighted by molar-refractivity contribution is 5.90. The average molecular weight is 247 g/mol. The maximum Gasteiger partial charge on any atom is 0.0681 e. The zero-order valence-corrected chi connectivity index (χ0v) is 10.2. The summed E-state index contributed by atoms with van der Waals surface area (Å²) in [6.07, 6.45) is 1.85. The van der Waals surface area contributed by atoms with Crippen molar-refractivity contribution in [1.82, 2.24) is 0 Å². The third-order valence-electron chi connectivity index (χ3n) is 4.18. The third-order valence-corrected chi connectivity index (χ3v) is 4.18. The number of carboxylic acid groups (broad SMARTS) is 1. The highest BCUT2D eigenvalue weighted by atomic mass is 16.4. The standard InChI is InChI=1S/C17H12O2/c18-17(19)15-9-14-10-5-1-3-7-12(10)16(15)13-8-4-2-6-11(13)14/h1-9,14,16H,(H,18,19)/p-1. The molecule has 5 rings (SSSR count). The molecular formula is C17H11O2-. The molecule has 19 heavy (non-hydrogen) atoms. The van der Waals surface area contributed by atoms with Gasteiger partial charge in [0.2, 0.25) is 0 Å². The molecule has 0 aromatic heterocycles. The monoisotopic (exact) mass is 247 g/mol. The number of allylic oxidation sites excluding steroid dienone is 1. The van der Waals surface area contributed by atoms with Crippen molar-refractivity contribution >= 4 is 5.97 Å². The van der Waals surface area contributed by atoms with Gasteiger partial charge in [-0.05, 0) is 27.8 Å². The second-order valence-electron chi connectivity index (χ2n) is 5.08. The molecule has 2 bridgehead atoms. The van der Waals surface area contributed by atoms with Crippen LogP contribution in [0.4, 0.5) is 0 Å². The van der Waals surface area contributed by atoms with E-state index in [0.29, 0.717) is 5.57 Å². The Kier molecular flexibility index (Phi) is 1.99. The van der Waals surface area contributed by atoms with E-state index in [1.54, 1.807) is 0 Å². The van der Waals surface area contributed by atoms with E-state index in [1.165, 1.54) is 11.1 Å². The minimum Gasteiger partial charge on any atom is -0.545 e. The van der Waals surface area contributed by atoms with Gasteiger partial charge >= 0.3 is 0 Å². The molecule has 0 saturated carbocycles. The molecular weight excluding hydrogens is 236 g/mol. The van der Waals surface area contributed by atoms with E-state index in [4.69, 9.17) is 0 Å². The Morgan fingerprint density at radius 3 is 1.79 bits per heavy atom. The first-order valence-electron chi connectivity index (χ1n) is 6.38. The van der Waals surface area contributed by atoms with Crippen LogP contribution in [-0.4, -0.2) is 5.97 Å². The van der Waals surface area contributed by atoms with Crippen LogP contribution in [-0.2, 0) is 4.79 Å². The number of carbonyl (C=O) groups excluding carboxylic acids is 1. The summed E-state index contributed by atoms with van der Waals surface area (Å²) in [5.74, 6) is -1.19. The molecule has 0 amide bonds. The summed E-state index contributed by atoms with van der Waals surface area (Å²) >= 11 is 0. The van der Waals surface area contributed by atoms with Crippen LogP contribution in [0.15, 0.2) is 60.2 Å². The first kappa shape index (κ1) is 10.6. The maximum atomic E-state index is 11.4. The molecule has 0 N–H and O–H groups in total. The molecule has 3 aliphatic rings. The van der Waals surface area contributed by atoms with E-state index in [2.05, 4.69) is 12.1 Å². The Labute approximate surface area is 111 Å². The lowest BCUT2D eigenvalue weighted by Crippen LogP contribution is -2.34. The number of hydrogen-bond donors (Lipinski definition) is 0. The maximum absolute atomic E-state index is 11.4. The lowest BCUT2D eigenvalue weighted by atomic mass is 9.64. The van der Waals surface area contributed by atoms with Gasteiger partial charge in [-0.15, -0.1) is 0 Å². The van der Waals surface area contributed by atoms with Gasteiger partial charge < -0.3 is 9.90 Å². The minimum atomic E-state index is -1.06. The van der Waals surface area contributed by atoms with Crippen LogP contribution < -0.4 is 5.11 Å². The third kappa shape index (κ3) is 1.28. The van der Waals surface area contributed by atoms with Crippen molar-refractivity contribution in [2.75, 3.05) is 0 Å². The largest absolute Gasteiger partial charge is 0.545 e. The minimum absolute atomic E-state index is 0.0466. The molecule has 0 saturated heterocycles. The first-order chi connectivity index (χ1) is 9.27. The van der Waals surface area contributed by atoms with Crippen LogP contribution in [0.3, 0.4) is 0 Å². The Morgan fingerprint density at radius 1 is 0.842 bits per heavy atom. The number of hydrogen-bond acceptors (Lipinski definition) is 2. The van der Waals surface area contributed by atoms with Crippen molar-refractivity contribution in [1.29, 1.82) is 0 Å². The summed E-state index contributed by atoms with van der Waals surface area (Å²) in [7, 11) is 0. The van der Waals surface area contributed by atoms with Crippen LogP contribution >= 0.6 is 0 Å². The van der Waals surface area contributed by atoms with Gasteiger partial charge in [-0.2, -0.15) is 0 Å². The van der Waals surface area contributed by atoms with E-state index in [9.17, 15) is 9.90 Å². The molecule has 0 spiro atoms. The van der Waals surface area contributed by atoms with Crippen LogP contribution in [0.5, 0.6) is 0 Å². The molecule has 2 aromatic rings. The molecule has 2 nitrogen and oxygen atoms in total. The molecule has 0 fully saturated rings. The van der Waals surface area contributed by atoms with Crippen molar-refractivity contribution in [2.24, 2.45) is 0 Å². The summed E-state index contributed by atoms with van der Waals surface area (Å²) < 4.78 is 0. The SMILES string of the molecule is O=C([O-])C1=CC2c3ccccc3C1c1ccccc12. The second-order valence-corrected chi connectivity index (χ2v) is 5.08. The zero-order chi connectivity index (χ0) is 13.0. The first-order valence-corrected chi connectivity index (χ1v) is 6.38. The predicted molar refractivity (Wildman–Crippen MR) is 69.7 cm³/mol. The summed E-state index contributed by atoms with van der Waals surface area (Å²) in [5.41, 5.74) is 5.05. The van der Waals surface area contributed by atoms with E-state index in [1.807, 2.05) is 42.5 Å². The fourth-order valence-electron chi connectivity index (χ4n) is 3.43. The molecule has 3 aliphatic carbocycles. The van der Waals surface area contributed by atoms with Crippen molar-refractivity contribution in [3.05, 3.63) is 82.4 Å². The van der Waals surface area contributed by atoms with Gasteiger partial charge in [-0.3, -0.25) is 0 Å². The summed E-state index contributed by atoms with van der Waals surface area (Å²) in [6.45, 7) is 0. The highest BCUT2D eigenvalue weighted by Crippen LogP contribution is 2.51. The average Bonchev–Trinajstić information content (AvgIpc) is 2.47. The predicted octanol–water partition coefficient (Wildman–Crippen LogP) is 1.95. The lowest BCUT2D eigenvalue weighted by Gasteiger charge is -2.40. The summed E-state index contributed by atoms with van der Waals surface area (Å²) in [5, 5.41) is 11.4. The Hall–Kier alpha value is -2.35. The Morgan fingerprint density at radius 2 is 1.32 bits per heavy atom. The number of rotatable bonds is 1. The van der Waals surface area contributed by atoms with E-state index < -0.39 is 5.97 Å². The van der Waals surface area contributed by atoms with Gasteiger partial charge in [0.1, 0.15) is 0 Å². The lowest BCUT2D eigenvalue weighted by molar-refractivity contribution is -0.299. The molecule has 0 aliphatic heterocycles. The van der Waals surface area contributed by atoms with Crippen molar-refractivity contribution in [3.63, 3.8) is 0 Å². The topological polar surface area (TPSA) is 40.1 Å². The van der Waals surface area contributed by atoms with Gasteiger partial charge in [0, 0.05) is 11.8 Å². The molecule has 92 valence electrons. The Bertz CT molecular complexity index is 680. The molecule has 0 heterocycles. The molecule has 2 aromatic carbocycles. The van der Waals surface area contributed by atoms with Crippen LogP contribution in [0, 0.1) is 0 Å². The van der Waals surface area contributed by atoms with E-state index in [-0.39, 0.29) is 11.8 Å². The van der Waals surface area contributed by atoms with Gasteiger partial charge in [-0.1, -0.05) is 54.6 Å². The Balaban J connectivity index is 2.05. The number of carboxylic acids is 1. The molecule has 2 heteroatoms. The van der Waals surface area contributed by atoms with Crippen molar-refractivity contribution in [3.8, 4) is 0 Å². The van der Waals surface area contributed by atoms with Gasteiger partial charge in [-0.25, -0.2) is 0 Å². The van der Waals surface area contributed by atoms with Gasteiger partial charge in [0.15, 0.2) is 0 Å². The van der Waals surface area contributed by atoms with Gasteiger partial charge in [0.05, 0.1) is 5.97 Å². The molecule has 0 unspecified atom stereocenters. The van der Waals surface area contributed by atoms with E-state index >= 15 is 0 Å². The quantitative estimate of drug-likeness (QED) is 0.772. The number of aliphatic carboxylic acids is 1. The fourth-order valence-corrected chi connectivity index (χ4v) is 3.43.